The Morgan fingerprint density at radius 3 is 2.55 bits per heavy atom. The second-order valence-electron chi connectivity index (χ2n) is 4.65. The highest BCUT2D eigenvalue weighted by molar-refractivity contribution is 5.35. The predicted molar refractivity (Wildman–Crippen MR) is 76.0 cm³/mol. The fourth-order valence-electron chi connectivity index (χ4n) is 1.96. The monoisotopic (exact) mass is 274 g/mol. The van der Waals surface area contributed by atoms with E-state index in [1.807, 2.05) is 24.3 Å². The number of aliphatic hydroxyl groups excluding tert-OH is 1. The molecule has 2 N–H and O–H groups in total. The molecule has 5 heteroatoms. The van der Waals surface area contributed by atoms with Crippen LogP contribution >= 0.6 is 0 Å². The molecule has 0 spiro atoms. The van der Waals surface area contributed by atoms with Crippen molar-refractivity contribution >= 4 is 0 Å². The van der Waals surface area contributed by atoms with Crippen molar-refractivity contribution in [1.29, 1.82) is 0 Å². The second kappa shape index (κ2) is 6.34. The maximum Gasteiger partial charge on any atom is 0.275 e. The van der Waals surface area contributed by atoms with Gasteiger partial charge in [0.25, 0.3) is 5.56 Å². The topological polar surface area (TPSA) is 75.3 Å². The summed E-state index contributed by atoms with van der Waals surface area (Å²) in [6, 6.07) is 8.62. The van der Waals surface area contributed by atoms with Crippen molar-refractivity contribution in [3.63, 3.8) is 0 Å². The van der Waals surface area contributed by atoms with E-state index in [0.717, 1.165) is 25.3 Å². The molecule has 0 unspecified atom stereocenters. The maximum atomic E-state index is 11.8. The molecule has 0 fully saturated rings. The molecule has 0 radical (unpaired) electrons. The number of aromatic nitrogens is 2. The highest BCUT2D eigenvalue weighted by Crippen LogP contribution is 2.13. The van der Waals surface area contributed by atoms with E-state index in [4.69, 9.17) is 5.11 Å². The van der Waals surface area contributed by atoms with Gasteiger partial charge >= 0.3 is 0 Å². The average Bonchev–Trinajstić information content (AvgIpc) is 2.46. The molecule has 0 saturated heterocycles. The summed E-state index contributed by atoms with van der Waals surface area (Å²) >= 11 is 0. The normalized spacial score (nSPS) is 10.7. The Bertz CT molecular complexity index is 633. The molecule has 106 valence electrons. The van der Waals surface area contributed by atoms with Crippen molar-refractivity contribution in [2.75, 3.05) is 0 Å². The molecule has 0 amide bonds. The van der Waals surface area contributed by atoms with E-state index in [-0.39, 0.29) is 11.4 Å². The lowest BCUT2D eigenvalue weighted by atomic mass is 10.1. The van der Waals surface area contributed by atoms with Crippen molar-refractivity contribution < 1.29 is 10.2 Å². The highest BCUT2D eigenvalue weighted by atomic mass is 16.3. The van der Waals surface area contributed by atoms with Crippen LogP contribution in [-0.4, -0.2) is 20.0 Å². The summed E-state index contributed by atoms with van der Waals surface area (Å²) in [4.78, 5) is 11.8. The first kappa shape index (κ1) is 14.3. The van der Waals surface area contributed by atoms with Crippen LogP contribution in [0.3, 0.4) is 0 Å². The summed E-state index contributed by atoms with van der Waals surface area (Å²) < 4.78 is 1.18. The van der Waals surface area contributed by atoms with E-state index in [0.29, 0.717) is 5.69 Å². The van der Waals surface area contributed by atoms with Crippen LogP contribution in [0, 0.1) is 0 Å². The van der Waals surface area contributed by atoms with Crippen molar-refractivity contribution in [1.82, 2.24) is 9.78 Å². The Kier molecular flexibility index (Phi) is 4.53. The Balaban J connectivity index is 2.34. The van der Waals surface area contributed by atoms with Gasteiger partial charge in [-0.15, -0.1) is 0 Å². The van der Waals surface area contributed by atoms with E-state index < -0.39 is 12.2 Å². The second-order valence-corrected chi connectivity index (χ2v) is 4.65. The van der Waals surface area contributed by atoms with Gasteiger partial charge in [0.15, 0.2) is 0 Å². The fourth-order valence-corrected chi connectivity index (χ4v) is 1.96. The quantitative estimate of drug-likeness (QED) is 0.871. The van der Waals surface area contributed by atoms with E-state index in [1.165, 1.54) is 10.2 Å². The van der Waals surface area contributed by atoms with Crippen LogP contribution in [0.4, 0.5) is 0 Å². The van der Waals surface area contributed by atoms with Gasteiger partial charge in [-0.1, -0.05) is 25.5 Å². The van der Waals surface area contributed by atoms with Crippen LogP contribution in [0.2, 0.25) is 0 Å². The number of nitrogens with zero attached hydrogens (tertiary/aromatic N) is 2. The van der Waals surface area contributed by atoms with E-state index >= 15 is 0 Å². The molecule has 0 atom stereocenters. The minimum atomic E-state index is -0.430. The van der Waals surface area contributed by atoms with Crippen LogP contribution in [0.1, 0.15) is 31.0 Å². The number of aryl methyl sites for hydroxylation is 1. The number of hydrogen-bond acceptors (Lipinski definition) is 4. The number of rotatable bonds is 5. The number of unbranched alkanes of at least 4 members (excludes halogenated alkanes) is 1. The Hall–Kier alpha value is -2.14. The van der Waals surface area contributed by atoms with Crippen LogP contribution in [0.5, 0.6) is 5.75 Å². The Morgan fingerprint density at radius 2 is 1.95 bits per heavy atom. The number of aliphatic hydroxyl groups is 1. The lowest BCUT2D eigenvalue weighted by Crippen LogP contribution is -2.21. The van der Waals surface area contributed by atoms with Gasteiger partial charge in [-0.3, -0.25) is 4.79 Å². The predicted octanol–water partition coefficient (Wildman–Crippen LogP) is 1.77. The standard InChI is InChI=1S/C15H18N2O3/c1-2-3-4-11-5-7-12(8-6-11)17-15(20)9-14(19)13(10-18)16-17/h5-9,18-19H,2-4,10H2,1H3. The minimum Gasteiger partial charge on any atom is -0.506 e. The fraction of sp³-hybridized carbons (Fsp3) is 0.333. The molecule has 1 heterocycles. The Morgan fingerprint density at radius 1 is 1.25 bits per heavy atom. The summed E-state index contributed by atoms with van der Waals surface area (Å²) in [7, 11) is 0. The first-order valence-corrected chi connectivity index (χ1v) is 6.68. The molecule has 0 aliphatic heterocycles. The van der Waals surface area contributed by atoms with Gasteiger partial charge < -0.3 is 10.2 Å². The molecule has 2 rings (SSSR count). The van der Waals surface area contributed by atoms with Crippen LogP contribution in [-0.2, 0) is 13.0 Å². The lowest BCUT2D eigenvalue weighted by molar-refractivity contribution is 0.266. The summed E-state index contributed by atoms with van der Waals surface area (Å²) in [5.74, 6) is -0.284. The van der Waals surface area contributed by atoms with E-state index in [1.54, 1.807) is 0 Å². The van der Waals surface area contributed by atoms with Gasteiger partial charge in [0.05, 0.1) is 12.3 Å². The van der Waals surface area contributed by atoms with Crippen molar-refractivity contribution in [2.45, 2.75) is 32.8 Å². The maximum absolute atomic E-state index is 11.8. The smallest absolute Gasteiger partial charge is 0.275 e. The van der Waals surface area contributed by atoms with Gasteiger partial charge in [-0.05, 0) is 30.5 Å². The zero-order chi connectivity index (χ0) is 14.5. The zero-order valence-corrected chi connectivity index (χ0v) is 11.4. The Labute approximate surface area is 117 Å². The van der Waals surface area contributed by atoms with Crippen LogP contribution in [0.25, 0.3) is 5.69 Å². The summed E-state index contributed by atoms with van der Waals surface area (Å²) in [5, 5.41) is 22.5. The van der Waals surface area contributed by atoms with Gasteiger partial charge in [0.2, 0.25) is 0 Å². The molecule has 20 heavy (non-hydrogen) atoms. The molecule has 0 bridgehead atoms. The van der Waals surface area contributed by atoms with Crippen LogP contribution < -0.4 is 5.56 Å². The summed E-state index contributed by atoms with van der Waals surface area (Å²) in [5.41, 5.74) is 1.48. The third-order valence-corrected chi connectivity index (χ3v) is 3.14. The molecule has 0 aliphatic carbocycles. The van der Waals surface area contributed by atoms with Gasteiger partial charge in [-0.25, -0.2) is 0 Å². The highest BCUT2D eigenvalue weighted by Gasteiger charge is 2.08. The molecular weight excluding hydrogens is 256 g/mol. The number of aromatic hydroxyl groups is 1. The number of benzene rings is 1. The first-order chi connectivity index (χ1) is 9.65. The van der Waals surface area contributed by atoms with Crippen molar-refractivity contribution in [3.05, 3.63) is 51.9 Å². The molecule has 1 aromatic heterocycles. The average molecular weight is 274 g/mol. The first-order valence-electron chi connectivity index (χ1n) is 6.68. The third-order valence-electron chi connectivity index (χ3n) is 3.14. The lowest BCUT2D eigenvalue weighted by Gasteiger charge is -2.08. The summed E-state index contributed by atoms with van der Waals surface area (Å²) in [6.45, 7) is 1.73. The molecular formula is C15H18N2O3. The molecule has 2 aromatic rings. The van der Waals surface area contributed by atoms with E-state index in [2.05, 4.69) is 12.0 Å². The van der Waals surface area contributed by atoms with E-state index in [9.17, 15) is 9.90 Å². The molecule has 0 saturated carbocycles. The van der Waals surface area contributed by atoms with Crippen molar-refractivity contribution in [3.8, 4) is 11.4 Å². The van der Waals surface area contributed by atoms with Gasteiger partial charge in [-0.2, -0.15) is 9.78 Å². The molecule has 1 aromatic carbocycles. The molecule has 5 nitrogen and oxygen atoms in total. The molecule has 0 aliphatic rings. The minimum absolute atomic E-state index is 0.0830. The number of hydrogen-bond donors (Lipinski definition) is 2. The van der Waals surface area contributed by atoms with Crippen molar-refractivity contribution in [2.24, 2.45) is 0 Å². The van der Waals surface area contributed by atoms with Gasteiger partial charge in [0.1, 0.15) is 11.4 Å². The zero-order valence-electron chi connectivity index (χ0n) is 11.4. The van der Waals surface area contributed by atoms with Crippen LogP contribution in [0.15, 0.2) is 35.1 Å². The summed E-state index contributed by atoms with van der Waals surface area (Å²) in [6.07, 6.45) is 3.28. The largest absolute Gasteiger partial charge is 0.506 e. The van der Waals surface area contributed by atoms with Gasteiger partial charge in [0, 0.05) is 6.07 Å². The third kappa shape index (κ3) is 3.05. The SMILES string of the molecule is CCCCc1ccc(-n2nc(CO)c(O)cc2=O)cc1.